The summed E-state index contributed by atoms with van der Waals surface area (Å²) in [5.41, 5.74) is 9.23. The lowest BCUT2D eigenvalue weighted by Crippen LogP contribution is -2.32. The van der Waals surface area contributed by atoms with Crippen LogP contribution in [-0.2, 0) is 15.8 Å². The minimum atomic E-state index is -2.47. The Hall–Kier alpha value is -3.26. The Labute approximate surface area is 203 Å². The van der Waals surface area contributed by atoms with Crippen molar-refractivity contribution in [1.82, 2.24) is 5.32 Å². The first-order valence-electron chi connectivity index (χ1n) is 10.6. The molecule has 0 aliphatic rings. The number of amides is 2. The lowest BCUT2D eigenvalue weighted by atomic mass is 10.1. The number of benzene rings is 2. The summed E-state index contributed by atoms with van der Waals surface area (Å²) in [6.45, 7) is 3.38. The van der Waals surface area contributed by atoms with Gasteiger partial charge in [0.15, 0.2) is 0 Å². The van der Waals surface area contributed by atoms with E-state index in [4.69, 9.17) is 10.5 Å². The predicted octanol–water partition coefficient (Wildman–Crippen LogP) is 5.38. The van der Waals surface area contributed by atoms with Gasteiger partial charge in [-0.1, -0.05) is 31.2 Å². The Bertz CT molecular complexity index is 1170. The van der Waals surface area contributed by atoms with Gasteiger partial charge in [0.05, 0.1) is 11.4 Å². The van der Waals surface area contributed by atoms with Crippen molar-refractivity contribution in [2.24, 2.45) is 0 Å². The second-order valence-electron chi connectivity index (χ2n) is 7.98. The smallest absolute Gasteiger partial charge is 0.444 e. The summed E-state index contributed by atoms with van der Waals surface area (Å²) in [5, 5.41) is 6.46. The summed E-state index contributed by atoms with van der Waals surface area (Å²) in [6.07, 6.45) is -0.279. The van der Waals surface area contributed by atoms with E-state index in [1.54, 1.807) is 55.5 Å². The molecule has 2 amide bonds. The van der Waals surface area contributed by atoms with Crippen molar-refractivity contribution in [2.45, 2.75) is 32.0 Å². The van der Waals surface area contributed by atoms with E-state index in [2.05, 4.69) is 10.6 Å². The lowest BCUT2D eigenvalue weighted by molar-refractivity contribution is 0.102. The fourth-order valence-corrected chi connectivity index (χ4v) is 4.14. The molecule has 0 bridgehead atoms. The Morgan fingerprint density at radius 1 is 1.18 bits per heavy atom. The Balaban J connectivity index is 1.55. The summed E-state index contributed by atoms with van der Waals surface area (Å²) in [6, 6.07) is 16.2. The van der Waals surface area contributed by atoms with E-state index < -0.39 is 19.3 Å². The summed E-state index contributed by atoms with van der Waals surface area (Å²) >= 11 is 1.60. The highest BCUT2D eigenvalue weighted by Gasteiger charge is 2.44. The molecule has 0 saturated carbocycles. The summed E-state index contributed by atoms with van der Waals surface area (Å²) in [4.78, 5) is 35.1. The Morgan fingerprint density at radius 2 is 1.91 bits per heavy atom. The van der Waals surface area contributed by atoms with Crippen molar-refractivity contribution in [1.29, 1.82) is 0 Å². The molecule has 1 aromatic heterocycles. The summed E-state index contributed by atoms with van der Waals surface area (Å²) in [5.74, 6) is -0.300. The summed E-state index contributed by atoms with van der Waals surface area (Å²) < 4.78 is 16.5. The number of nitrogen functional groups attached to an aromatic ring is 1. The lowest BCUT2D eigenvalue weighted by Gasteiger charge is -2.15. The molecule has 178 valence electrons. The van der Waals surface area contributed by atoms with Gasteiger partial charge in [-0.05, 0) is 58.3 Å². The fraction of sp³-hybridized carbons (Fsp3) is 0.250. The van der Waals surface area contributed by atoms with Gasteiger partial charge in [0.25, 0.3) is 5.91 Å². The van der Waals surface area contributed by atoms with Crippen molar-refractivity contribution in [3.8, 4) is 10.4 Å². The Kier molecular flexibility index (Phi) is 8.39. The highest BCUT2D eigenvalue weighted by Crippen LogP contribution is 2.38. The number of hydrogen-bond acceptors (Lipinski definition) is 6. The number of hydrogen-bond donors (Lipinski definition) is 4. The van der Waals surface area contributed by atoms with E-state index in [-0.39, 0.29) is 19.1 Å². The topological polar surface area (TPSA) is 131 Å². The van der Waals surface area contributed by atoms with Crippen molar-refractivity contribution in [3.63, 3.8) is 0 Å². The van der Waals surface area contributed by atoms with Gasteiger partial charge in [-0.2, -0.15) is 4.89 Å². The van der Waals surface area contributed by atoms with Crippen LogP contribution in [0, 0.1) is 0 Å². The molecule has 3 rings (SSSR count). The number of rotatable bonds is 9. The zero-order valence-electron chi connectivity index (χ0n) is 18.9. The van der Waals surface area contributed by atoms with Gasteiger partial charge in [0.1, 0.15) is 6.61 Å². The summed E-state index contributed by atoms with van der Waals surface area (Å²) in [7, 11) is -2.47. The van der Waals surface area contributed by atoms with Crippen LogP contribution in [0.5, 0.6) is 0 Å². The van der Waals surface area contributed by atoms with Crippen molar-refractivity contribution >= 4 is 42.7 Å². The van der Waals surface area contributed by atoms with Crippen molar-refractivity contribution in [3.05, 3.63) is 71.1 Å². The van der Waals surface area contributed by atoms with E-state index in [0.29, 0.717) is 23.4 Å². The molecule has 34 heavy (non-hydrogen) atoms. The molecule has 1 heterocycles. The van der Waals surface area contributed by atoms with Crippen LogP contribution < -0.4 is 16.4 Å². The largest absolute Gasteiger partial charge is 0.515 e. The third-order valence-corrected chi connectivity index (χ3v) is 7.79. The Morgan fingerprint density at radius 3 is 2.53 bits per heavy atom. The van der Waals surface area contributed by atoms with E-state index in [0.717, 1.165) is 16.0 Å². The second-order valence-corrected chi connectivity index (χ2v) is 10.6. The SMILES string of the molecule is CCC(C)(COC(=O)NCc1ccc(C(=O)Nc2cc(-c3cccs3)ccc2N)cc1)[P+](=O)O. The van der Waals surface area contributed by atoms with Crippen LogP contribution in [0.25, 0.3) is 10.4 Å². The van der Waals surface area contributed by atoms with Crippen LogP contribution in [0.2, 0.25) is 0 Å². The molecule has 0 fully saturated rings. The predicted molar refractivity (Wildman–Crippen MR) is 135 cm³/mol. The third kappa shape index (κ3) is 6.41. The van der Waals surface area contributed by atoms with E-state index in [1.807, 2.05) is 29.6 Å². The van der Waals surface area contributed by atoms with Gasteiger partial charge in [0.2, 0.25) is 5.16 Å². The fourth-order valence-electron chi connectivity index (χ4n) is 2.97. The molecular formula is C24H27N3O5PS+. The normalized spacial score (nSPS) is 13.0. The number of carbonyl (C=O) groups is 2. The quantitative estimate of drug-likeness (QED) is 0.231. The number of alkyl carbamates (subject to hydrolysis) is 1. The van der Waals surface area contributed by atoms with Crippen molar-refractivity contribution < 1.29 is 23.8 Å². The van der Waals surface area contributed by atoms with Crippen LogP contribution in [0.3, 0.4) is 0 Å². The number of ether oxygens (including phenoxy) is 1. The molecule has 2 unspecified atom stereocenters. The first-order valence-corrected chi connectivity index (χ1v) is 12.7. The van der Waals surface area contributed by atoms with Crippen LogP contribution in [-0.4, -0.2) is 28.7 Å². The van der Waals surface area contributed by atoms with Gasteiger partial charge in [-0.3, -0.25) is 4.79 Å². The molecule has 3 aromatic rings. The number of thiophene rings is 1. The molecule has 0 spiro atoms. The zero-order chi connectivity index (χ0) is 24.7. The van der Waals surface area contributed by atoms with Crippen LogP contribution in [0.15, 0.2) is 60.0 Å². The monoisotopic (exact) mass is 500 g/mol. The van der Waals surface area contributed by atoms with Crippen LogP contribution in [0.4, 0.5) is 16.2 Å². The molecule has 0 saturated heterocycles. The molecular weight excluding hydrogens is 473 g/mol. The van der Waals surface area contributed by atoms with Crippen LogP contribution >= 0.6 is 19.4 Å². The average Bonchev–Trinajstić information content (AvgIpc) is 3.37. The van der Waals surface area contributed by atoms with Crippen LogP contribution in [0.1, 0.15) is 36.2 Å². The maximum Gasteiger partial charge on any atom is 0.515 e. The molecule has 8 nitrogen and oxygen atoms in total. The average molecular weight is 501 g/mol. The first kappa shape index (κ1) is 25.4. The molecule has 5 N–H and O–H groups in total. The standard InChI is InChI=1S/C24H26N3O5PS/c1-3-24(2,33(30)31)15-32-23(29)26-14-16-6-8-17(9-7-16)22(28)27-20-13-18(10-11-19(20)25)21-5-4-12-34-21/h4-13H,3,14-15,25H2,1-2H3,(H2-,26,27,28,29,30,31)/p+1. The van der Waals surface area contributed by atoms with Gasteiger partial charge >= 0.3 is 14.1 Å². The van der Waals surface area contributed by atoms with Crippen molar-refractivity contribution in [2.75, 3.05) is 17.7 Å². The van der Waals surface area contributed by atoms with E-state index in [9.17, 15) is 19.0 Å². The van der Waals surface area contributed by atoms with E-state index >= 15 is 0 Å². The van der Waals surface area contributed by atoms with E-state index in [1.165, 1.54) is 0 Å². The first-order chi connectivity index (χ1) is 16.2. The molecule has 0 radical (unpaired) electrons. The maximum atomic E-state index is 12.7. The van der Waals surface area contributed by atoms with Gasteiger partial charge in [0, 0.05) is 23.4 Å². The third-order valence-electron chi connectivity index (χ3n) is 5.50. The number of nitrogens with two attached hydrogens (primary N) is 1. The van der Waals surface area contributed by atoms with Gasteiger partial charge < -0.3 is 21.1 Å². The molecule has 10 heteroatoms. The molecule has 0 aliphatic heterocycles. The second kappa shape index (κ2) is 11.2. The number of nitrogens with one attached hydrogen (secondary N) is 2. The minimum absolute atomic E-state index is 0.156. The highest BCUT2D eigenvalue weighted by molar-refractivity contribution is 7.40. The molecule has 0 aliphatic carbocycles. The number of carbonyl (C=O) groups excluding carboxylic acids is 2. The molecule has 2 aromatic carbocycles. The maximum absolute atomic E-state index is 12.7. The molecule has 2 atom stereocenters. The van der Waals surface area contributed by atoms with Gasteiger partial charge in [-0.15, -0.1) is 11.3 Å². The zero-order valence-corrected chi connectivity index (χ0v) is 20.6. The van der Waals surface area contributed by atoms with Gasteiger partial charge in [-0.25, -0.2) is 4.79 Å². The minimum Gasteiger partial charge on any atom is -0.444 e. The highest BCUT2D eigenvalue weighted by atomic mass is 32.1. The number of anilines is 2.